The van der Waals surface area contributed by atoms with Crippen molar-refractivity contribution in [2.24, 2.45) is 0 Å². The summed E-state index contributed by atoms with van der Waals surface area (Å²) in [5.41, 5.74) is 1.62. The molecule has 0 aliphatic carbocycles. The highest BCUT2D eigenvalue weighted by Gasteiger charge is 2.13. The van der Waals surface area contributed by atoms with Crippen LogP contribution in [0, 0.1) is 0 Å². The molecule has 6 nitrogen and oxygen atoms in total. The monoisotopic (exact) mass is 330 g/mol. The van der Waals surface area contributed by atoms with Crippen molar-refractivity contribution < 1.29 is 19.0 Å². The van der Waals surface area contributed by atoms with Crippen molar-refractivity contribution in [3.63, 3.8) is 0 Å². The standard InChI is InChI=1S/C18H22N2O4/c1-22-14-11-16(23-2)15(17(12-14)24-3)9-10-19-18(21)20-13-7-5-4-6-8-13/h4-8,11-12H,9-10H2,1-3H3,(H2,19,20,21). The summed E-state index contributed by atoms with van der Waals surface area (Å²) in [6, 6.07) is 12.6. The molecule has 0 saturated carbocycles. The summed E-state index contributed by atoms with van der Waals surface area (Å²) in [5, 5.41) is 5.59. The largest absolute Gasteiger partial charge is 0.496 e. The molecule has 0 aliphatic heterocycles. The van der Waals surface area contributed by atoms with E-state index in [9.17, 15) is 4.79 Å². The first-order valence-corrected chi connectivity index (χ1v) is 7.56. The quantitative estimate of drug-likeness (QED) is 0.818. The van der Waals surface area contributed by atoms with Crippen LogP contribution in [0.3, 0.4) is 0 Å². The average Bonchev–Trinajstić information content (AvgIpc) is 2.62. The second-order valence-electron chi connectivity index (χ2n) is 5.01. The smallest absolute Gasteiger partial charge is 0.319 e. The van der Waals surface area contributed by atoms with E-state index in [4.69, 9.17) is 14.2 Å². The summed E-state index contributed by atoms with van der Waals surface area (Å²) in [7, 11) is 4.77. The highest BCUT2D eigenvalue weighted by Crippen LogP contribution is 2.34. The Bertz CT molecular complexity index is 649. The molecular formula is C18H22N2O4. The zero-order chi connectivity index (χ0) is 17.4. The van der Waals surface area contributed by atoms with Gasteiger partial charge >= 0.3 is 6.03 Å². The van der Waals surface area contributed by atoms with Crippen LogP contribution < -0.4 is 24.8 Å². The minimum atomic E-state index is -0.257. The second-order valence-corrected chi connectivity index (χ2v) is 5.01. The van der Waals surface area contributed by atoms with E-state index in [1.807, 2.05) is 30.3 Å². The van der Waals surface area contributed by atoms with E-state index in [0.717, 1.165) is 11.3 Å². The number of rotatable bonds is 7. The van der Waals surface area contributed by atoms with Crippen molar-refractivity contribution in [3.05, 3.63) is 48.0 Å². The predicted molar refractivity (Wildman–Crippen MR) is 93.3 cm³/mol. The fraction of sp³-hybridized carbons (Fsp3) is 0.278. The molecule has 0 aliphatic rings. The zero-order valence-corrected chi connectivity index (χ0v) is 14.1. The van der Waals surface area contributed by atoms with E-state index in [1.165, 1.54) is 0 Å². The predicted octanol–water partition coefficient (Wildman–Crippen LogP) is 3.08. The SMILES string of the molecule is COc1cc(OC)c(CCNC(=O)Nc2ccccc2)c(OC)c1. The molecule has 24 heavy (non-hydrogen) atoms. The van der Waals surface area contributed by atoms with E-state index >= 15 is 0 Å². The van der Waals surface area contributed by atoms with Crippen LogP contribution in [0.4, 0.5) is 10.5 Å². The van der Waals surface area contributed by atoms with Crippen molar-refractivity contribution in [1.82, 2.24) is 5.32 Å². The number of carbonyl (C=O) groups excluding carboxylic acids is 1. The zero-order valence-electron chi connectivity index (χ0n) is 14.1. The van der Waals surface area contributed by atoms with Gasteiger partial charge in [-0.05, 0) is 18.6 Å². The van der Waals surface area contributed by atoms with Crippen LogP contribution >= 0.6 is 0 Å². The number of para-hydroxylation sites is 1. The fourth-order valence-corrected chi connectivity index (χ4v) is 2.32. The molecule has 0 unspecified atom stereocenters. The minimum Gasteiger partial charge on any atom is -0.496 e. The van der Waals surface area contributed by atoms with Crippen molar-refractivity contribution in [1.29, 1.82) is 0 Å². The first-order chi connectivity index (χ1) is 11.7. The Hall–Kier alpha value is -2.89. The lowest BCUT2D eigenvalue weighted by molar-refractivity contribution is 0.252. The second kappa shape index (κ2) is 8.67. The molecule has 0 bridgehead atoms. The fourth-order valence-electron chi connectivity index (χ4n) is 2.32. The van der Waals surface area contributed by atoms with E-state index in [2.05, 4.69) is 10.6 Å². The third-order valence-electron chi connectivity index (χ3n) is 3.51. The number of hydrogen-bond acceptors (Lipinski definition) is 4. The number of ether oxygens (including phenoxy) is 3. The summed E-state index contributed by atoms with van der Waals surface area (Å²) in [4.78, 5) is 11.9. The van der Waals surface area contributed by atoms with Gasteiger partial charge in [-0.1, -0.05) is 18.2 Å². The van der Waals surface area contributed by atoms with Gasteiger partial charge in [0, 0.05) is 29.9 Å². The first-order valence-electron chi connectivity index (χ1n) is 7.56. The molecule has 0 fully saturated rings. The van der Waals surface area contributed by atoms with E-state index in [1.54, 1.807) is 33.5 Å². The van der Waals surface area contributed by atoms with Crippen LogP contribution in [0.5, 0.6) is 17.2 Å². The number of hydrogen-bond donors (Lipinski definition) is 2. The molecule has 2 aromatic rings. The highest BCUT2D eigenvalue weighted by atomic mass is 16.5. The molecule has 2 amide bonds. The maximum absolute atomic E-state index is 11.9. The Kier molecular flexibility index (Phi) is 6.31. The van der Waals surface area contributed by atoms with E-state index < -0.39 is 0 Å². The average molecular weight is 330 g/mol. The van der Waals surface area contributed by atoms with Gasteiger partial charge in [0.2, 0.25) is 0 Å². The molecule has 0 spiro atoms. The topological polar surface area (TPSA) is 68.8 Å². The molecule has 0 saturated heterocycles. The van der Waals surface area contributed by atoms with Crippen LogP contribution in [-0.4, -0.2) is 33.9 Å². The normalized spacial score (nSPS) is 9.96. The van der Waals surface area contributed by atoms with Gasteiger partial charge < -0.3 is 24.8 Å². The Balaban J connectivity index is 1.97. The van der Waals surface area contributed by atoms with Crippen LogP contribution in [0.1, 0.15) is 5.56 Å². The summed E-state index contributed by atoms with van der Waals surface area (Å²) in [6.07, 6.45) is 0.568. The Labute approximate surface area is 141 Å². The molecular weight excluding hydrogens is 308 g/mol. The van der Waals surface area contributed by atoms with Crippen molar-refractivity contribution in [2.75, 3.05) is 33.2 Å². The number of carbonyl (C=O) groups is 1. The van der Waals surface area contributed by atoms with Crippen LogP contribution in [0.15, 0.2) is 42.5 Å². The summed E-state index contributed by atoms with van der Waals surface area (Å²) < 4.78 is 16.0. The molecule has 0 radical (unpaired) electrons. The Morgan fingerprint density at radius 2 is 1.58 bits per heavy atom. The number of methoxy groups -OCH3 is 3. The third kappa shape index (κ3) is 4.55. The molecule has 6 heteroatoms. The number of anilines is 1. The number of nitrogens with one attached hydrogen (secondary N) is 2. The third-order valence-corrected chi connectivity index (χ3v) is 3.51. The minimum absolute atomic E-state index is 0.257. The lowest BCUT2D eigenvalue weighted by atomic mass is 10.1. The van der Waals surface area contributed by atoms with Gasteiger partial charge in [0.25, 0.3) is 0 Å². The molecule has 0 aromatic heterocycles. The molecule has 0 atom stereocenters. The van der Waals surface area contributed by atoms with Crippen molar-refractivity contribution in [2.45, 2.75) is 6.42 Å². The molecule has 2 aromatic carbocycles. The van der Waals surface area contributed by atoms with Crippen LogP contribution in [0.2, 0.25) is 0 Å². The van der Waals surface area contributed by atoms with Gasteiger partial charge in [0.05, 0.1) is 21.3 Å². The van der Waals surface area contributed by atoms with Gasteiger partial charge in [0.1, 0.15) is 17.2 Å². The summed E-state index contributed by atoms with van der Waals surface area (Å²) >= 11 is 0. The number of amides is 2. The van der Waals surface area contributed by atoms with Gasteiger partial charge in [0.15, 0.2) is 0 Å². The van der Waals surface area contributed by atoms with Gasteiger partial charge in [-0.15, -0.1) is 0 Å². The first kappa shape index (κ1) is 17.5. The maximum Gasteiger partial charge on any atom is 0.319 e. The molecule has 2 rings (SSSR count). The van der Waals surface area contributed by atoms with E-state index in [-0.39, 0.29) is 6.03 Å². The molecule has 128 valence electrons. The molecule has 0 heterocycles. The van der Waals surface area contributed by atoms with Gasteiger partial charge in [-0.2, -0.15) is 0 Å². The Morgan fingerprint density at radius 1 is 0.958 bits per heavy atom. The lowest BCUT2D eigenvalue weighted by Gasteiger charge is -2.15. The van der Waals surface area contributed by atoms with Crippen LogP contribution in [0.25, 0.3) is 0 Å². The maximum atomic E-state index is 11.9. The van der Waals surface area contributed by atoms with Gasteiger partial charge in [-0.3, -0.25) is 0 Å². The van der Waals surface area contributed by atoms with E-state index in [0.29, 0.717) is 30.2 Å². The summed E-state index contributed by atoms with van der Waals surface area (Å²) in [6.45, 7) is 0.442. The highest BCUT2D eigenvalue weighted by molar-refractivity contribution is 5.89. The molecule has 2 N–H and O–H groups in total. The van der Waals surface area contributed by atoms with Crippen molar-refractivity contribution >= 4 is 11.7 Å². The summed E-state index contributed by atoms with van der Waals surface area (Å²) in [5.74, 6) is 1.98. The van der Waals surface area contributed by atoms with Gasteiger partial charge in [-0.25, -0.2) is 4.79 Å². The lowest BCUT2D eigenvalue weighted by Crippen LogP contribution is -2.30. The van der Waals surface area contributed by atoms with Crippen LogP contribution in [-0.2, 0) is 6.42 Å². The Morgan fingerprint density at radius 3 is 2.12 bits per heavy atom. The van der Waals surface area contributed by atoms with Crippen molar-refractivity contribution in [3.8, 4) is 17.2 Å². The number of urea groups is 1. The number of benzene rings is 2.